The molecule has 0 fully saturated rings. The van der Waals surface area contributed by atoms with Crippen LogP contribution in [0, 0.1) is 0 Å². The zero-order valence-corrected chi connectivity index (χ0v) is 16.6. The number of hydrogen-bond acceptors (Lipinski definition) is 7. The van der Waals surface area contributed by atoms with E-state index in [0.717, 1.165) is 5.70 Å². The van der Waals surface area contributed by atoms with Gasteiger partial charge in [-0.2, -0.15) is 10.1 Å². The van der Waals surface area contributed by atoms with Crippen LogP contribution in [0.3, 0.4) is 0 Å². The number of fused-ring (bicyclic) bond motifs is 1. The molecule has 152 valence electrons. The molecule has 1 aliphatic carbocycles. The highest BCUT2D eigenvalue weighted by Crippen LogP contribution is 2.46. The maximum absolute atomic E-state index is 13.3. The smallest absolute Gasteiger partial charge is 0.341 e. The largest absolute Gasteiger partial charge is 0.482 e. The predicted octanol–water partition coefficient (Wildman–Crippen LogP) is 3.22. The van der Waals surface area contributed by atoms with Gasteiger partial charge in [0.2, 0.25) is 5.95 Å². The van der Waals surface area contributed by atoms with E-state index in [9.17, 15) is 9.59 Å². The molecule has 5 rings (SSSR count). The summed E-state index contributed by atoms with van der Waals surface area (Å²) in [7, 11) is 0. The second-order valence-corrected chi connectivity index (χ2v) is 8.19. The number of benzene rings is 1. The highest BCUT2D eigenvalue weighted by atomic mass is 32.1. The lowest BCUT2D eigenvalue weighted by molar-refractivity contribution is -0.139. The number of nitrogens with zero attached hydrogens (tertiary/aromatic N) is 3. The number of carbonyl (C=O) groups excluding carboxylic acids is 1. The van der Waals surface area contributed by atoms with Crippen molar-refractivity contribution >= 4 is 29.0 Å². The number of ether oxygens (including phenoxy) is 1. The summed E-state index contributed by atoms with van der Waals surface area (Å²) in [6.07, 6.45) is 2.55. The van der Waals surface area contributed by atoms with Crippen LogP contribution in [0.15, 0.2) is 59.4 Å². The third kappa shape index (κ3) is 3.17. The number of Topliss-reactive ketones (excluding diaryl/α,β-unsaturated/α-hetero) is 1. The molecule has 30 heavy (non-hydrogen) atoms. The van der Waals surface area contributed by atoms with Crippen molar-refractivity contribution in [2.45, 2.75) is 24.8 Å². The highest BCUT2D eigenvalue weighted by Gasteiger charge is 2.40. The van der Waals surface area contributed by atoms with Gasteiger partial charge in [-0.3, -0.25) is 4.79 Å². The summed E-state index contributed by atoms with van der Waals surface area (Å²) in [5.41, 5.74) is 2.15. The van der Waals surface area contributed by atoms with Crippen molar-refractivity contribution in [2.24, 2.45) is 0 Å². The van der Waals surface area contributed by atoms with Gasteiger partial charge in [0.05, 0.1) is 0 Å². The molecular weight excluding hydrogens is 404 g/mol. The molecule has 8 nitrogen and oxygen atoms in total. The van der Waals surface area contributed by atoms with Gasteiger partial charge in [0, 0.05) is 34.0 Å². The van der Waals surface area contributed by atoms with Crippen LogP contribution in [0.1, 0.15) is 35.2 Å². The number of para-hydroxylation sites is 1. The average Bonchev–Trinajstić information content (AvgIpc) is 3.42. The zero-order valence-electron chi connectivity index (χ0n) is 15.8. The summed E-state index contributed by atoms with van der Waals surface area (Å²) in [5, 5.41) is 18.7. The van der Waals surface area contributed by atoms with E-state index < -0.39 is 18.6 Å². The fourth-order valence-electron chi connectivity index (χ4n) is 4.14. The van der Waals surface area contributed by atoms with E-state index in [2.05, 4.69) is 21.5 Å². The summed E-state index contributed by atoms with van der Waals surface area (Å²) in [6, 6.07) is 10.7. The van der Waals surface area contributed by atoms with Crippen LogP contribution in [-0.4, -0.2) is 38.2 Å². The van der Waals surface area contributed by atoms with Crippen LogP contribution >= 0.6 is 11.3 Å². The van der Waals surface area contributed by atoms with Crippen LogP contribution in [0.5, 0.6) is 5.75 Å². The molecule has 2 aliphatic rings. The first-order valence-electron chi connectivity index (χ1n) is 9.51. The first-order chi connectivity index (χ1) is 14.6. The fourth-order valence-corrected chi connectivity index (χ4v) is 4.97. The van der Waals surface area contributed by atoms with E-state index in [1.54, 1.807) is 28.2 Å². The lowest BCUT2D eigenvalue weighted by Gasteiger charge is -2.35. The minimum Gasteiger partial charge on any atom is -0.482 e. The number of hydrogen-bond donors (Lipinski definition) is 2. The minimum atomic E-state index is -1.07. The number of rotatable bonds is 5. The Morgan fingerprint density at radius 2 is 2.13 bits per heavy atom. The van der Waals surface area contributed by atoms with Gasteiger partial charge >= 0.3 is 5.97 Å². The quantitative estimate of drug-likeness (QED) is 0.650. The van der Waals surface area contributed by atoms with Crippen LogP contribution in [0.2, 0.25) is 0 Å². The Bertz CT molecular complexity index is 1150. The summed E-state index contributed by atoms with van der Waals surface area (Å²) in [5.74, 6) is 0.0578. The van der Waals surface area contributed by atoms with E-state index in [4.69, 9.17) is 9.84 Å². The first kappa shape index (κ1) is 18.6. The fraction of sp³-hybridized carbons (Fsp3) is 0.238. The lowest BCUT2D eigenvalue weighted by Crippen LogP contribution is -2.33. The van der Waals surface area contributed by atoms with Gasteiger partial charge in [0.25, 0.3) is 0 Å². The zero-order chi connectivity index (χ0) is 20.7. The van der Waals surface area contributed by atoms with E-state index in [-0.39, 0.29) is 11.7 Å². The number of carbonyl (C=O) groups is 2. The van der Waals surface area contributed by atoms with Crippen molar-refractivity contribution in [3.8, 4) is 5.75 Å². The molecule has 9 heteroatoms. The molecule has 0 radical (unpaired) electrons. The summed E-state index contributed by atoms with van der Waals surface area (Å²) >= 11 is 1.66. The molecule has 0 unspecified atom stereocenters. The Morgan fingerprint density at radius 3 is 2.93 bits per heavy atom. The average molecular weight is 422 g/mol. The summed E-state index contributed by atoms with van der Waals surface area (Å²) in [4.78, 5) is 29.8. The Hall–Kier alpha value is -3.46. The van der Waals surface area contributed by atoms with Gasteiger partial charge in [0.1, 0.15) is 18.1 Å². The molecule has 0 spiro atoms. The molecule has 2 aromatic heterocycles. The predicted molar refractivity (Wildman–Crippen MR) is 110 cm³/mol. The minimum absolute atomic E-state index is 0.0429. The van der Waals surface area contributed by atoms with Crippen molar-refractivity contribution < 1.29 is 19.4 Å². The standard InChI is InChI=1S/C21H18N4O4S/c26-15-9-12(17-6-3-7-30-17)8-14-19(15)20(25-21(24-14)22-11-23-25)13-4-1-2-5-16(13)29-10-18(27)28/h1-7,11-12,20H,8-10H2,(H,27,28)(H,22,23,24)/t12-,20+/m0/s1. The van der Waals surface area contributed by atoms with Crippen LogP contribution < -0.4 is 10.1 Å². The number of anilines is 1. The Morgan fingerprint density at radius 1 is 1.27 bits per heavy atom. The molecule has 3 heterocycles. The van der Waals surface area contributed by atoms with Crippen molar-refractivity contribution in [3.05, 3.63) is 69.8 Å². The summed E-state index contributed by atoms with van der Waals surface area (Å²) < 4.78 is 7.18. The molecule has 0 amide bonds. The third-order valence-corrected chi connectivity index (χ3v) is 6.41. The second kappa shape index (κ2) is 7.42. The maximum atomic E-state index is 13.3. The molecule has 0 saturated carbocycles. The lowest BCUT2D eigenvalue weighted by atomic mass is 9.80. The molecule has 1 aliphatic heterocycles. The number of thiophene rings is 1. The van der Waals surface area contributed by atoms with E-state index in [1.165, 1.54) is 11.2 Å². The monoisotopic (exact) mass is 422 g/mol. The number of ketones is 1. The number of aliphatic carboxylic acids is 1. The summed E-state index contributed by atoms with van der Waals surface area (Å²) in [6.45, 7) is -0.466. The molecule has 2 N–H and O–H groups in total. The van der Waals surface area contributed by atoms with Crippen molar-refractivity contribution in [1.29, 1.82) is 0 Å². The highest BCUT2D eigenvalue weighted by molar-refractivity contribution is 7.10. The number of carboxylic acid groups (broad SMARTS) is 1. The Balaban J connectivity index is 1.60. The number of nitrogens with one attached hydrogen (secondary N) is 1. The third-order valence-electron chi connectivity index (χ3n) is 5.37. The van der Waals surface area contributed by atoms with Gasteiger partial charge in [0.15, 0.2) is 12.4 Å². The number of aromatic nitrogens is 3. The normalized spacial score (nSPS) is 20.3. The van der Waals surface area contributed by atoms with E-state index >= 15 is 0 Å². The Labute approximate surface area is 175 Å². The van der Waals surface area contributed by atoms with Gasteiger partial charge in [-0.1, -0.05) is 24.3 Å². The van der Waals surface area contributed by atoms with E-state index in [0.29, 0.717) is 35.7 Å². The van der Waals surface area contributed by atoms with Crippen molar-refractivity contribution in [2.75, 3.05) is 11.9 Å². The van der Waals surface area contributed by atoms with Gasteiger partial charge in [-0.05, 0) is 23.9 Å². The molecule has 0 saturated heterocycles. The SMILES string of the molecule is O=C(O)COc1ccccc1[C@@H]1C2=C(C[C@H](c3cccs3)CC2=O)Nc2ncnn21. The maximum Gasteiger partial charge on any atom is 0.341 e. The topological polar surface area (TPSA) is 106 Å². The van der Waals surface area contributed by atoms with Gasteiger partial charge < -0.3 is 15.2 Å². The number of carboxylic acids is 1. The molecule has 0 bridgehead atoms. The van der Waals surface area contributed by atoms with Crippen molar-refractivity contribution in [1.82, 2.24) is 14.8 Å². The first-order valence-corrected chi connectivity index (χ1v) is 10.4. The molecule has 1 aromatic carbocycles. The second-order valence-electron chi connectivity index (χ2n) is 7.21. The van der Waals surface area contributed by atoms with E-state index in [1.807, 2.05) is 23.6 Å². The molecule has 3 aromatic rings. The van der Waals surface area contributed by atoms with Crippen LogP contribution in [-0.2, 0) is 9.59 Å². The van der Waals surface area contributed by atoms with Gasteiger partial charge in [-0.15, -0.1) is 11.3 Å². The molecule has 2 atom stereocenters. The van der Waals surface area contributed by atoms with Crippen molar-refractivity contribution in [3.63, 3.8) is 0 Å². The van der Waals surface area contributed by atoms with Gasteiger partial charge in [-0.25, -0.2) is 9.48 Å². The van der Waals surface area contributed by atoms with Crippen LogP contribution in [0.4, 0.5) is 5.95 Å². The molecular formula is C21H18N4O4S. The number of allylic oxidation sites excluding steroid dienone is 2. The Kier molecular flexibility index (Phi) is 4.59. The van der Waals surface area contributed by atoms with Crippen LogP contribution in [0.25, 0.3) is 0 Å².